The van der Waals surface area contributed by atoms with Crippen molar-refractivity contribution in [3.8, 4) is 5.75 Å². The van der Waals surface area contributed by atoms with E-state index in [1.807, 2.05) is 0 Å². The third-order valence-corrected chi connectivity index (χ3v) is 5.12. The van der Waals surface area contributed by atoms with Crippen LogP contribution in [-0.4, -0.2) is 62.4 Å². The van der Waals surface area contributed by atoms with E-state index in [4.69, 9.17) is 19.4 Å². The van der Waals surface area contributed by atoms with E-state index >= 15 is 4.39 Å². The van der Waals surface area contributed by atoms with E-state index in [0.717, 1.165) is 25.0 Å². The number of aliphatic carboxylic acids is 2. The minimum atomic E-state index is -2.40. The Morgan fingerprint density at radius 1 is 1.09 bits per heavy atom. The number of carboxylic acid groups (broad SMARTS) is 3. The molecule has 1 aliphatic heterocycles. The van der Waals surface area contributed by atoms with Crippen molar-refractivity contribution in [3.63, 3.8) is 0 Å². The predicted molar refractivity (Wildman–Crippen MR) is 118 cm³/mol. The number of benzene rings is 1. The van der Waals surface area contributed by atoms with E-state index in [-0.39, 0.29) is 17.9 Å². The summed E-state index contributed by atoms with van der Waals surface area (Å²) in [4.78, 5) is 30.8. The van der Waals surface area contributed by atoms with Gasteiger partial charge in [-0.05, 0) is 44.0 Å². The van der Waals surface area contributed by atoms with Crippen LogP contribution in [0.5, 0.6) is 5.75 Å². The van der Waals surface area contributed by atoms with Crippen LogP contribution in [0, 0.1) is 0 Å². The number of furan rings is 1. The predicted octanol–water partition coefficient (Wildman–Crippen LogP) is 3.44. The molecule has 1 saturated heterocycles. The van der Waals surface area contributed by atoms with E-state index < -0.39 is 35.7 Å². The second-order valence-corrected chi connectivity index (χ2v) is 8.00. The molecule has 190 valence electrons. The fourth-order valence-corrected chi connectivity index (χ4v) is 3.47. The highest BCUT2D eigenvalue weighted by molar-refractivity contribution is 5.89. The number of nitrogens with one attached hydrogen (secondary N) is 1. The first kappa shape index (κ1) is 27.3. The number of carboxylic acids is 2. The normalized spacial score (nSPS) is 23.9. The summed E-state index contributed by atoms with van der Waals surface area (Å²) in [5.41, 5.74) is 1.68. The molecule has 0 aliphatic carbocycles. The summed E-state index contributed by atoms with van der Waals surface area (Å²) in [5, 5.41) is 27.7. The fraction of sp³-hybridized carbons (Fsp3) is 0.348. The average Bonchev–Trinajstić information content (AvgIpc) is 3.27. The zero-order chi connectivity index (χ0) is 26.2. The Bertz CT molecular complexity index is 1020. The lowest BCUT2D eigenvalue weighted by Gasteiger charge is -2.49. The Morgan fingerprint density at radius 2 is 1.69 bits per heavy atom. The van der Waals surface area contributed by atoms with Crippen molar-refractivity contribution in [2.45, 2.75) is 44.5 Å². The van der Waals surface area contributed by atoms with E-state index in [1.54, 1.807) is 42.9 Å². The molecule has 1 fully saturated rings. The maximum absolute atomic E-state index is 15.2. The molecule has 0 saturated carbocycles. The fourth-order valence-electron chi connectivity index (χ4n) is 3.47. The summed E-state index contributed by atoms with van der Waals surface area (Å²) in [6.45, 7) is 2.22. The number of nitrogens with zero attached hydrogens (tertiary/aromatic N) is 1. The van der Waals surface area contributed by atoms with Gasteiger partial charge >= 0.3 is 18.0 Å². The molecule has 10 nitrogen and oxygen atoms in total. The molecule has 3 unspecified atom stereocenters. The number of rotatable bonds is 7. The number of ether oxygens (including phenoxy) is 1. The second-order valence-electron chi connectivity index (χ2n) is 8.00. The summed E-state index contributed by atoms with van der Waals surface area (Å²) in [6.07, 6.45) is 2.85. The van der Waals surface area contributed by atoms with Gasteiger partial charge in [0.25, 0.3) is 0 Å². The first-order chi connectivity index (χ1) is 16.3. The molecule has 0 radical (unpaired) electrons. The molecule has 12 heteroatoms. The summed E-state index contributed by atoms with van der Waals surface area (Å²) in [5.74, 6) is -6.59. The summed E-state index contributed by atoms with van der Waals surface area (Å²) >= 11 is 0. The van der Waals surface area contributed by atoms with Gasteiger partial charge in [-0.1, -0.05) is 12.1 Å². The lowest BCUT2D eigenvalue weighted by atomic mass is 9.92. The number of hydrogen-bond acceptors (Lipinski definition) is 6. The average molecular weight is 496 g/mol. The molecule has 2 heterocycles. The number of amides is 1. The van der Waals surface area contributed by atoms with E-state index in [9.17, 15) is 23.9 Å². The monoisotopic (exact) mass is 496 g/mol. The quantitative estimate of drug-likeness (QED) is 0.334. The zero-order valence-corrected chi connectivity index (χ0v) is 19.0. The van der Waals surface area contributed by atoms with Crippen LogP contribution >= 0.6 is 0 Å². The van der Waals surface area contributed by atoms with Crippen molar-refractivity contribution in [3.05, 3.63) is 66.1 Å². The lowest BCUT2D eigenvalue weighted by Crippen LogP contribution is -2.72. The highest BCUT2D eigenvalue weighted by Gasteiger charge is 2.55. The zero-order valence-electron chi connectivity index (χ0n) is 19.0. The lowest BCUT2D eigenvalue weighted by molar-refractivity contribution is -0.161. The Balaban J connectivity index is 0.000000466. The summed E-state index contributed by atoms with van der Waals surface area (Å²) in [6, 6.07) is 7.98. The minimum Gasteiger partial charge on any atom is -0.489 e. The third-order valence-electron chi connectivity index (χ3n) is 5.12. The topological polar surface area (TPSA) is 150 Å². The molecule has 4 N–H and O–H groups in total. The Kier molecular flexibility index (Phi) is 8.95. The van der Waals surface area contributed by atoms with Gasteiger partial charge in [0.05, 0.1) is 18.6 Å². The van der Waals surface area contributed by atoms with Crippen LogP contribution in [0.1, 0.15) is 25.0 Å². The molecule has 0 bridgehead atoms. The molecular formula is C23H26F2N2O8. The van der Waals surface area contributed by atoms with Crippen LogP contribution in [0.4, 0.5) is 13.6 Å². The maximum atomic E-state index is 15.2. The number of piperazine rings is 1. The van der Waals surface area contributed by atoms with Crippen molar-refractivity contribution in [2.24, 2.45) is 0 Å². The van der Waals surface area contributed by atoms with Crippen molar-refractivity contribution in [1.29, 1.82) is 0 Å². The molecule has 1 amide bonds. The highest BCUT2D eigenvalue weighted by Crippen LogP contribution is 2.36. The third kappa shape index (κ3) is 7.81. The van der Waals surface area contributed by atoms with Crippen LogP contribution in [-0.2, 0) is 22.6 Å². The number of halogens is 2. The number of carbonyl (C=O) groups is 3. The number of hydrogen-bond donors (Lipinski definition) is 4. The van der Waals surface area contributed by atoms with Gasteiger partial charge in [0.1, 0.15) is 12.4 Å². The van der Waals surface area contributed by atoms with Crippen molar-refractivity contribution >= 4 is 18.0 Å². The molecule has 1 aromatic carbocycles. The van der Waals surface area contributed by atoms with Crippen molar-refractivity contribution < 1.29 is 47.6 Å². The summed E-state index contributed by atoms with van der Waals surface area (Å²) in [7, 11) is 0. The van der Waals surface area contributed by atoms with Crippen LogP contribution in [0.3, 0.4) is 0 Å². The van der Waals surface area contributed by atoms with Gasteiger partial charge in [-0.15, -0.1) is 0 Å². The van der Waals surface area contributed by atoms with Crippen LogP contribution in [0.2, 0.25) is 0 Å². The van der Waals surface area contributed by atoms with Crippen LogP contribution in [0.15, 0.2) is 59.4 Å². The molecule has 3 rings (SSSR count). The second kappa shape index (κ2) is 11.5. The largest absolute Gasteiger partial charge is 0.489 e. The van der Waals surface area contributed by atoms with E-state index in [0.29, 0.717) is 24.5 Å². The maximum Gasteiger partial charge on any atom is 0.412 e. The molecule has 1 aromatic heterocycles. The number of alkyl halides is 2. The van der Waals surface area contributed by atoms with Gasteiger partial charge in [0, 0.05) is 24.3 Å². The highest BCUT2D eigenvalue weighted by atomic mass is 19.2. The Labute approximate surface area is 199 Å². The standard InChI is InChI=1S/C19H22F2N2O4.C4H4O4/c1-18(20)12-22-16(19(2,21)23(18)17(24)25)9-13-3-5-15(6-4-13)27-11-14-7-8-26-10-14;5-3(6)1-2-4(7)8/h3-8,10,16,22H,9,11-12H2,1-2H3,(H,24,25);1-2H,(H,5,6)(H,7,8). The van der Waals surface area contributed by atoms with Gasteiger partial charge < -0.3 is 29.8 Å². The first-order valence-corrected chi connectivity index (χ1v) is 10.3. The molecule has 0 spiro atoms. The van der Waals surface area contributed by atoms with Crippen LogP contribution < -0.4 is 10.1 Å². The van der Waals surface area contributed by atoms with Gasteiger partial charge in [-0.25, -0.2) is 28.1 Å². The molecule has 3 atom stereocenters. The Morgan fingerprint density at radius 3 is 2.17 bits per heavy atom. The van der Waals surface area contributed by atoms with E-state index in [1.165, 1.54) is 0 Å². The molecule has 35 heavy (non-hydrogen) atoms. The minimum absolute atomic E-state index is 0.203. The Hall–Kier alpha value is -3.93. The van der Waals surface area contributed by atoms with Gasteiger partial charge in [-0.2, -0.15) is 0 Å². The van der Waals surface area contributed by atoms with Gasteiger partial charge in [0.15, 0.2) is 5.79 Å². The summed E-state index contributed by atoms with van der Waals surface area (Å²) < 4.78 is 40.3. The molecular weight excluding hydrogens is 470 g/mol. The molecule has 2 aromatic rings. The van der Waals surface area contributed by atoms with E-state index in [2.05, 4.69) is 5.32 Å². The smallest absolute Gasteiger partial charge is 0.412 e. The van der Waals surface area contributed by atoms with Crippen molar-refractivity contribution in [2.75, 3.05) is 6.54 Å². The van der Waals surface area contributed by atoms with Gasteiger partial charge in [-0.3, -0.25) is 0 Å². The van der Waals surface area contributed by atoms with Crippen LogP contribution in [0.25, 0.3) is 0 Å². The SMILES string of the molecule is CC1(F)CNC(Cc2ccc(OCc3ccoc3)cc2)C(C)(F)N1C(=O)O.O=C(O)C=CC(=O)O. The first-order valence-electron chi connectivity index (χ1n) is 10.3. The molecule has 1 aliphatic rings. The van der Waals surface area contributed by atoms with Crippen molar-refractivity contribution in [1.82, 2.24) is 10.2 Å². The van der Waals surface area contributed by atoms with Gasteiger partial charge in [0.2, 0.25) is 5.79 Å².